The van der Waals surface area contributed by atoms with E-state index in [-0.39, 0.29) is 5.82 Å². The third-order valence-electron chi connectivity index (χ3n) is 2.44. The van der Waals surface area contributed by atoms with Crippen LogP contribution >= 0.6 is 11.3 Å². The van der Waals surface area contributed by atoms with Gasteiger partial charge in [0.2, 0.25) is 0 Å². The smallest absolute Gasteiger partial charge is 0.140 e. The molecule has 0 spiro atoms. The van der Waals surface area contributed by atoms with Crippen LogP contribution in [0.15, 0.2) is 23.6 Å². The summed E-state index contributed by atoms with van der Waals surface area (Å²) in [7, 11) is 0. The minimum atomic E-state index is -0.770. The topological polar surface area (TPSA) is 42.4 Å². The molecule has 0 saturated carbocycles. The van der Waals surface area contributed by atoms with Gasteiger partial charge in [0.15, 0.2) is 0 Å². The van der Waals surface area contributed by atoms with Gasteiger partial charge in [0.05, 0.1) is 6.10 Å². The fourth-order valence-corrected chi connectivity index (χ4v) is 2.27. The number of thiazole rings is 1. The number of rotatable bonds is 4. The Morgan fingerprint density at radius 2 is 2.28 bits per heavy atom. The normalized spacial score (nSPS) is 12.4. The number of aliphatic hydroxyl groups excluding tert-OH is 1. The lowest BCUT2D eigenvalue weighted by atomic mass is 10.1. The van der Waals surface area contributed by atoms with Crippen molar-refractivity contribution in [3.8, 4) is 5.75 Å². The number of hydrogen-bond donors (Lipinski definition) is 1. The van der Waals surface area contributed by atoms with Crippen molar-refractivity contribution in [1.29, 1.82) is 0 Å². The largest absolute Gasteiger partial charge is 0.486 e. The van der Waals surface area contributed by atoms with Crippen molar-refractivity contribution in [3.05, 3.63) is 45.7 Å². The molecule has 5 heteroatoms. The molecule has 0 radical (unpaired) electrons. The highest BCUT2D eigenvalue weighted by atomic mass is 32.1. The molecule has 0 fully saturated rings. The summed E-state index contributed by atoms with van der Waals surface area (Å²) in [5.74, 6) is 0.0996. The third-order valence-corrected chi connectivity index (χ3v) is 3.38. The first-order valence-corrected chi connectivity index (χ1v) is 6.45. The first-order valence-electron chi connectivity index (χ1n) is 5.57. The molecule has 1 atom stereocenters. The van der Waals surface area contributed by atoms with Crippen molar-refractivity contribution >= 4 is 11.3 Å². The van der Waals surface area contributed by atoms with Crippen LogP contribution in [0.1, 0.15) is 29.3 Å². The second-order valence-electron chi connectivity index (χ2n) is 4.03. The van der Waals surface area contributed by atoms with Crippen molar-refractivity contribution < 1.29 is 14.2 Å². The predicted molar refractivity (Wildman–Crippen MR) is 68.2 cm³/mol. The van der Waals surface area contributed by atoms with Gasteiger partial charge in [-0.25, -0.2) is 9.37 Å². The van der Waals surface area contributed by atoms with E-state index in [0.717, 1.165) is 10.7 Å². The van der Waals surface area contributed by atoms with E-state index < -0.39 is 6.10 Å². The molecule has 0 unspecified atom stereocenters. The fraction of sp³-hybridized carbons (Fsp3) is 0.308. The lowest BCUT2D eigenvalue weighted by Crippen LogP contribution is -2.01. The average molecular weight is 267 g/mol. The van der Waals surface area contributed by atoms with E-state index in [1.54, 1.807) is 6.92 Å². The minimum absolute atomic E-state index is 0.323. The predicted octanol–water partition coefficient (Wildman–Crippen LogP) is 3.22. The Morgan fingerprint density at radius 3 is 2.89 bits per heavy atom. The van der Waals surface area contributed by atoms with Crippen LogP contribution in [0, 0.1) is 12.7 Å². The van der Waals surface area contributed by atoms with Crippen molar-refractivity contribution in [2.24, 2.45) is 0 Å². The van der Waals surface area contributed by atoms with Crippen molar-refractivity contribution in [1.82, 2.24) is 4.98 Å². The summed E-state index contributed by atoms with van der Waals surface area (Å²) in [6.07, 6.45) is -0.770. The Hall–Kier alpha value is -1.46. The van der Waals surface area contributed by atoms with Gasteiger partial charge in [-0.2, -0.15) is 0 Å². The quantitative estimate of drug-likeness (QED) is 0.924. The summed E-state index contributed by atoms with van der Waals surface area (Å²) in [5, 5.41) is 12.4. The van der Waals surface area contributed by atoms with E-state index in [9.17, 15) is 9.50 Å². The molecule has 3 nitrogen and oxygen atoms in total. The number of hydrogen-bond acceptors (Lipinski definition) is 4. The molecule has 0 amide bonds. The zero-order valence-electron chi connectivity index (χ0n) is 10.2. The highest BCUT2D eigenvalue weighted by Crippen LogP contribution is 2.27. The number of aliphatic hydroxyl groups is 1. The van der Waals surface area contributed by atoms with E-state index in [0.29, 0.717) is 17.9 Å². The van der Waals surface area contributed by atoms with E-state index in [2.05, 4.69) is 4.98 Å². The Balaban J connectivity index is 2.13. The van der Waals surface area contributed by atoms with Gasteiger partial charge in [-0.1, -0.05) is 0 Å². The summed E-state index contributed by atoms with van der Waals surface area (Å²) in [4.78, 5) is 4.27. The molecule has 0 saturated heterocycles. The standard InChI is InChI=1S/C13H14FNO2S/c1-8-7-18-13(15-8)6-17-12-4-3-10(14)5-11(12)9(2)16/h3-5,7,9,16H,6H2,1-2H3/t9-/m1/s1. The van der Waals surface area contributed by atoms with Gasteiger partial charge in [0.1, 0.15) is 23.2 Å². The molecule has 0 bridgehead atoms. The van der Waals surface area contributed by atoms with Crippen LogP contribution in [0.2, 0.25) is 0 Å². The number of aromatic nitrogens is 1. The van der Waals surface area contributed by atoms with Crippen LogP contribution in [-0.2, 0) is 6.61 Å². The van der Waals surface area contributed by atoms with Crippen LogP contribution in [0.5, 0.6) is 5.75 Å². The maximum Gasteiger partial charge on any atom is 0.140 e. The van der Waals surface area contributed by atoms with Crippen LogP contribution < -0.4 is 4.74 Å². The molecule has 1 aromatic carbocycles. The van der Waals surface area contributed by atoms with Gasteiger partial charge in [0, 0.05) is 16.6 Å². The zero-order valence-corrected chi connectivity index (χ0v) is 11.0. The van der Waals surface area contributed by atoms with Gasteiger partial charge in [0.25, 0.3) is 0 Å². The number of benzene rings is 1. The van der Waals surface area contributed by atoms with E-state index in [1.807, 2.05) is 12.3 Å². The molecule has 1 aromatic heterocycles. The zero-order chi connectivity index (χ0) is 13.1. The SMILES string of the molecule is Cc1csc(COc2ccc(F)cc2[C@@H](C)O)n1. The summed E-state index contributed by atoms with van der Waals surface area (Å²) < 4.78 is 18.7. The van der Waals surface area contributed by atoms with Crippen LogP contribution in [0.25, 0.3) is 0 Å². The molecule has 0 aliphatic heterocycles. The van der Waals surface area contributed by atoms with Gasteiger partial charge in [-0.15, -0.1) is 11.3 Å². The summed E-state index contributed by atoms with van der Waals surface area (Å²) in [5.41, 5.74) is 1.40. The molecule has 1 heterocycles. The molecular weight excluding hydrogens is 253 g/mol. The Labute approximate surface area is 109 Å². The third kappa shape index (κ3) is 3.05. The summed E-state index contributed by atoms with van der Waals surface area (Å²) >= 11 is 1.51. The van der Waals surface area contributed by atoms with Gasteiger partial charge in [-0.3, -0.25) is 0 Å². The van der Waals surface area contributed by atoms with Crippen LogP contribution in [0.3, 0.4) is 0 Å². The Morgan fingerprint density at radius 1 is 1.50 bits per heavy atom. The van der Waals surface area contributed by atoms with Gasteiger partial charge >= 0.3 is 0 Å². The maximum absolute atomic E-state index is 13.1. The van der Waals surface area contributed by atoms with Crippen molar-refractivity contribution in [2.45, 2.75) is 26.6 Å². The first kappa shape index (κ1) is 13.0. The lowest BCUT2D eigenvalue weighted by Gasteiger charge is -2.12. The second kappa shape index (κ2) is 5.46. The monoisotopic (exact) mass is 267 g/mol. The van der Waals surface area contributed by atoms with Gasteiger partial charge < -0.3 is 9.84 Å². The molecule has 1 N–H and O–H groups in total. The molecule has 0 aliphatic carbocycles. The van der Waals surface area contributed by atoms with Crippen LogP contribution in [0.4, 0.5) is 4.39 Å². The number of aryl methyl sites for hydroxylation is 1. The number of halogens is 1. The van der Waals surface area contributed by atoms with Crippen LogP contribution in [-0.4, -0.2) is 10.1 Å². The molecule has 2 aromatic rings. The molecule has 96 valence electrons. The molecular formula is C13H14FNO2S. The van der Waals surface area contributed by atoms with E-state index >= 15 is 0 Å². The highest BCUT2D eigenvalue weighted by molar-refractivity contribution is 7.09. The number of ether oxygens (including phenoxy) is 1. The number of nitrogens with zero attached hydrogens (tertiary/aromatic N) is 1. The van der Waals surface area contributed by atoms with E-state index in [4.69, 9.17) is 4.74 Å². The van der Waals surface area contributed by atoms with Crippen molar-refractivity contribution in [3.63, 3.8) is 0 Å². The van der Waals surface area contributed by atoms with Crippen molar-refractivity contribution in [2.75, 3.05) is 0 Å². The van der Waals surface area contributed by atoms with E-state index in [1.165, 1.54) is 29.5 Å². The summed E-state index contributed by atoms with van der Waals surface area (Å²) in [6, 6.07) is 4.12. The average Bonchev–Trinajstić information content (AvgIpc) is 2.73. The Kier molecular flexibility index (Phi) is 3.93. The maximum atomic E-state index is 13.1. The van der Waals surface area contributed by atoms with Gasteiger partial charge in [-0.05, 0) is 32.0 Å². The molecule has 2 rings (SSSR count). The minimum Gasteiger partial charge on any atom is -0.486 e. The Bertz CT molecular complexity index is 540. The highest BCUT2D eigenvalue weighted by Gasteiger charge is 2.11. The fourth-order valence-electron chi connectivity index (χ4n) is 1.59. The molecule has 0 aliphatic rings. The lowest BCUT2D eigenvalue weighted by molar-refractivity contribution is 0.189. The molecule has 18 heavy (non-hydrogen) atoms. The first-order chi connectivity index (χ1) is 8.56. The summed E-state index contributed by atoms with van der Waals surface area (Å²) in [6.45, 7) is 3.82. The second-order valence-corrected chi connectivity index (χ2v) is 4.97.